The van der Waals surface area contributed by atoms with Crippen molar-refractivity contribution in [2.45, 2.75) is 12.2 Å². The van der Waals surface area contributed by atoms with Crippen LogP contribution in [0.3, 0.4) is 0 Å². The molecule has 0 saturated heterocycles. The summed E-state index contributed by atoms with van der Waals surface area (Å²) in [6, 6.07) is 6.13. The van der Waals surface area contributed by atoms with Crippen LogP contribution >= 0.6 is 0 Å². The molecule has 2 N–H and O–H groups in total. The Morgan fingerprint density at radius 1 is 1.25 bits per heavy atom. The van der Waals surface area contributed by atoms with E-state index in [0.717, 1.165) is 0 Å². The van der Waals surface area contributed by atoms with Crippen LogP contribution in [0, 0.1) is 6.07 Å². The highest BCUT2D eigenvalue weighted by atomic mass is 19.4. The first-order valence-electron chi connectivity index (χ1n) is 3.30. The van der Waals surface area contributed by atoms with E-state index < -0.39 is 12.2 Å². The molecule has 1 rings (SSSR count). The molecular formula is C8H7F3N. The van der Waals surface area contributed by atoms with Crippen LogP contribution in [-0.2, 0) is 0 Å². The molecule has 0 aromatic heterocycles. The summed E-state index contributed by atoms with van der Waals surface area (Å²) in [5.41, 5.74) is 4.99. The van der Waals surface area contributed by atoms with Gasteiger partial charge in [-0.1, -0.05) is 24.3 Å². The molecule has 0 saturated carbocycles. The zero-order valence-corrected chi connectivity index (χ0v) is 6.10. The van der Waals surface area contributed by atoms with Crippen molar-refractivity contribution in [3.8, 4) is 0 Å². The summed E-state index contributed by atoms with van der Waals surface area (Å²) >= 11 is 0. The minimum absolute atomic E-state index is 0.0567. The van der Waals surface area contributed by atoms with Gasteiger partial charge >= 0.3 is 6.18 Å². The van der Waals surface area contributed by atoms with Gasteiger partial charge in [0.2, 0.25) is 0 Å². The predicted octanol–water partition coefficient (Wildman–Crippen LogP) is 2.05. The molecule has 0 aliphatic carbocycles. The Hall–Kier alpha value is -1.03. The Bertz CT molecular complexity index is 242. The van der Waals surface area contributed by atoms with Crippen LogP contribution in [0.2, 0.25) is 0 Å². The summed E-state index contributed by atoms with van der Waals surface area (Å²) in [4.78, 5) is 0. The van der Waals surface area contributed by atoms with E-state index in [0.29, 0.717) is 0 Å². The Morgan fingerprint density at radius 3 is 2.17 bits per heavy atom. The summed E-state index contributed by atoms with van der Waals surface area (Å²) in [5, 5.41) is 0. The smallest absolute Gasteiger partial charge is 0.316 e. The minimum atomic E-state index is -4.37. The summed E-state index contributed by atoms with van der Waals surface area (Å²) < 4.78 is 36.0. The van der Waals surface area contributed by atoms with Gasteiger partial charge in [-0.05, 0) is 11.6 Å². The van der Waals surface area contributed by atoms with Gasteiger partial charge in [-0.15, -0.1) is 0 Å². The first kappa shape index (κ1) is 9.06. The Morgan fingerprint density at radius 2 is 1.75 bits per heavy atom. The van der Waals surface area contributed by atoms with E-state index in [2.05, 4.69) is 6.07 Å². The molecule has 0 amide bonds. The average molecular weight is 174 g/mol. The topological polar surface area (TPSA) is 26.0 Å². The number of alkyl halides is 3. The van der Waals surface area contributed by atoms with Crippen molar-refractivity contribution in [2.24, 2.45) is 5.73 Å². The van der Waals surface area contributed by atoms with Gasteiger partial charge in [0.15, 0.2) is 0 Å². The van der Waals surface area contributed by atoms with Crippen molar-refractivity contribution in [2.75, 3.05) is 0 Å². The number of nitrogens with two attached hydrogens (primary N) is 1. The third kappa shape index (κ3) is 1.98. The normalized spacial score (nSPS) is 14.3. The van der Waals surface area contributed by atoms with Crippen LogP contribution in [0.25, 0.3) is 0 Å². The van der Waals surface area contributed by atoms with Crippen LogP contribution in [0.5, 0.6) is 0 Å². The molecule has 1 aromatic carbocycles. The molecule has 1 aromatic rings. The quantitative estimate of drug-likeness (QED) is 0.692. The molecule has 12 heavy (non-hydrogen) atoms. The van der Waals surface area contributed by atoms with Crippen molar-refractivity contribution in [1.82, 2.24) is 0 Å². The Kier molecular flexibility index (Phi) is 2.38. The number of rotatable bonds is 1. The van der Waals surface area contributed by atoms with Gasteiger partial charge in [-0.25, -0.2) is 0 Å². The van der Waals surface area contributed by atoms with E-state index in [1.165, 1.54) is 24.3 Å². The second-order valence-electron chi connectivity index (χ2n) is 2.35. The fraction of sp³-hybridized carbons (Fsp3) is 0.250. The molecule has 0 aliphatic heterocycles. The standard InChI is InChI=1S/C8H7F3N/c9-8(10,11)7(12)6-4-2-1-3-5-6/h2-5,7H,12H2. The van der Waals surface area contributed by atoms with Crippen molar-refractivity contribution in [1.29, 1.82) is 0 Å². The lowest BCUT2D eigenvalue weighted by atomic mass is 10.1. The maximum atomic E-state index is 12.0. The third-order valence-corrected chi connectivity index (χ3v) is 1.46. The van der Waals surface area contributed by atoms with Gasteiger partial charge in [-0.2, -0.15) is 13.2 Å². The van der Waals surface area contributed by atoms with Gasteiger partial charge < -0.3 is 5.73 Å². The van der Waals surface area contributed by atoms with E-state index in [9.17, 15) is 13.2 Å². The third-order valence-electron chi connectivity index (χ3n) is 1.46. The summed E-state index contributed by atoms with van der Waals surface area (Å²) in [6.45, 7) is 0. The van der Waals surface area contributed by atoms with E-state index in [1.54, 1.807) is 0 Å². The molecule has 1 nitrogen and oxygen atoms in total. The molecule has 65 valence electrons. The monoisotopic (exact) mass is 174 g/mol. The average Bonchev–Trinajstić information content (AvgIpc) is 2.03. The highest BCUT2D eigenvalue weighted by Gasteiger charge is 2.37. The van der Waals surface area contributed by atoms with Crippen molar-refractivity contribution in [3.63, 3.8) is 0 Å². The zero-order chi connectivity index (χ0) is 9.19. The van der Waals surface area contributed by atoms with Gasteiger partial charge in [0.1, 0.15) is 6.04 Å². The number of benzene rings is 1. The van der Waals surface area contributed by atoms with E-state index in [1.807, 2.05) is 0 Å². The van der Waals surface area contributed by atoms with Gasteiger partial charge in [0, 0.05) is 0 Å². The van der Waals surface area contributed by atoms with Crippen molar-refractivity contribution >= 4 is 0 Å². The molecule has 0 fully saturated rings. The van der Waals surface area contributed by atoms with Crippen molar-refractivity contribution < 1.29 is 13.2 Å². The molecule has 4 heteroatoms. The summed E-state index contributed by atoms with van der Waals surface area (Å²) in [6.07, 6.45) is -4.37. The maximum absolute atomic E-state index is 12.0. The van der Waals surface area contributed by atoms with Gasteiger partial charge in [-0.3, -0.25) is 0 Å². The summed E-state index contributed by atoms with van der Waals surface area (Å²) in [5.74, 6) is 0. The SMILES string of the molecule is NC(c1cc[c]cc1)C(F)(F)F. The van der Waals surface area contributed by atoms with E-state index in [4.69, 9.17) is 5.73 Å². The second kappa shape index (κ2) is 3.15. The molecule has 0 heterocycles. The number of hydrogen-bond acceptors (Lipinski definition) is 1. The lowest BCUT2D eigenvalue weighted by Crippen LogP contribution is -2.28. The maximum Gasteiger partial charge on any atom is 0.407 e. The largest absolute Gasteiger partial charge is 0.407 e. The van der Waals surface area contributed by atoms with E-state index in [-0.39, 0.29) is 5.56 Å². The Balaban J connectivity index is 2.86. The molecule has 1 atom stereocenters. The van der Waals surface area contributed by atoms with Crippen LogP contribution in [-0.4, -0.2) is 6.18 Å². The minimum Gasteiger partial charge on any atom is -0.316 e. The zero-order valence-electron chi connectivity index (χ0n) is 6.10. The van der Waals surface area contributed by atoms with Crippen molar-refractivity contribution in [3.05, 3.63) is 35.9 Å². The van der Waals surface area contributed by atoms with Crippen LogP contribution in [0.15, 0.2) is 24.3 Å². The highest BCUT2D eigenvalue weighted by Crippen LogP contribution is 2.29. The van der Waals surface area contributed by atoms with Gasteiger partial charge in [0.25, 0.3) is 0 Å². The molecule has 1 radical (unpaired) electrons. The molecular weight excluding hydrogens is 167 g/mol. The van der Waals surface area contributed by atoms with Gasteiger partial charge in [0.05, 0.1) is 0 Å². The first-order chi connectivity index (χ1) is 5.52. The van der Waals surface area contributed by atoms with Crippen LogP contribution < -0.4 is 5.73 Å². The fourth-order valence-electron chi connectivity index (χ4n) is 0.796. The van der Waals surface area contributed by atoms with Crippen LogP contribution in [0.4, 0.5) is 13.2 Å². The fourth-order valence-corrected chi connectivity index (χ4v) is 0.796. The predicted molar refractivity (Wildman–Crippen MR) is 38.3 cm³/mol. The molecule has 0 aliphatic rings. The first-order valence-corrected chi connectivity index (χ1v) is 3.30. The Labute approximate surface area is 68.0 Å². The molecule has 0 spiro atoms. The highest BCUT2D eigenvalue weighted by molar-refractivity contribution is 5.18. The molecule has 0 bridgehead atoms. The molecule has 1 unspecified atom stereocenters. The summed E-state index contributed by atoms with van der Waals surface area (Å²) in [7, 11) is 0. The van der Waals surface area contributed by atoms with E-state index >= 15 is 0 Å². The lowest BCUT2D eigenvalue weighted by Gasteiger charge is -2.15. The lowest BCUT2D eigenvalue weighted by molar-refractivity contribution is -0.149. The number of hydrogen-bond donors (Lipinski definition) is 1. The number of halogens is 3. The van der Waals surface area contributed by atoms with Crippen LogP contribution in [0.1, 0.15) is 11.6 Å². The second-order valence-corrected chi connectivity index (χ2v) is 2.35.